The number of hydrogen-bond donors (Lipinski definition) is 1. The predicted molar refractivity (Wildman–Crippen MR) is 140 cm³/mol. The predicted octanol–water partition coefficient (Wildman–Crippen LogP) is 3.53. The summed E-state index contributed by atoms with van der Waals surface area (Å²) in [5, 5.41) is 14.1. The van der Waals surface area contributed by atoms with Crippen LogP contribution in [0.5, 0.6) is 0 Å². The van der Waals surface area contributed by atoms with E-state index >= 15 is 0 Å². The summed E-state index contributed by atoms with van der Waals surface area (Å²) in [6, 6.07) is 6.72. The molecule has 3 heterocycles. The van der Waals surface area contributed by atoms with E-state index in [9.17, 15) is 4.79 Å². The highest BCUT2D eigenvalue weighted by Gasteiger charge is 2.30. The molecule has 0 radical (unpaired) electrons. The van der Waals surface area contributed by atoms with Gasteiger partial charge in [-0.25, -0.2) is 4.68 Å². The SMILES string of the molecule is CC[C@H](c1nnnn1C1CCCC1)N(CCN1CCOCC1)Cc1cc2c(C)cc(C)cc2[nH]c1=O. The second-order valence-corrected chi connectivity index (χ2v) is 10.4. The first-order valence-corrected chi connectivity index (χ1v) is 13.5. The quantitative estimate of drug-likeness (QED) is 0.487. The molecule has 9 nitrogen and oxygen atoms in total. The molecule has 0 bridgehead atoms. The zero-order valence-electron chi connectivity index (χ0n) is 21.9. The Morgan fingerprint density at radius 1 is 1.17 bits per heavy atom. The number of hydrogen-bond acceptors (Lipinski definition) is 7. The fourth-order valence-electron chi connectivity index (χ4n) is 5.92. The summed E-state index contributed by atoms with van der Waals surface area (Å²) < 4.78 is 7.62. The van der Waals surface area contributed by atoms with E-state index < -0.39 is 0 Å². The van der Waals surface area contributed by atoms with Crippen LogP contribution >= 0.6 is 0 Å². The van der Waals surface area contributed by atoms with Gasteiger partial charge in [0.1, 0.15) is 0 Å². The number of pyridine rings is 1. The Balaban J connectivity index is 1.47. The highest BCUT2D eigenvalue weighted by Crippen LogP contribution is 2.33. The molecule has 2 aromatic heterocycles. The third-order valence-corrected chi connectivity index (χ3v) is 7.88. The molecule has 1 aromatic carbocycles. The first-order chi connectivity index (χ1) is 17.5. The molecule has 1 saturated carbocycles. The maximum absolute atomic E-state index is 13.2. The smallest absolute Gasteiger partial charge is 0.252 e. The summed E-state index contributed by atoms with van der Waals surface area (Å²) in [6.45, 7) is 12.1. The van der Waals surface area contributed by atoms with Crippen molar-refractivity contribution >= 4 is 10.9 Å². The highest BCUT2D eigenvalue weighted by molar-refractivity contribution is 5.83. The van der Waals surface area contributed by atoms with Crippen molar-refractivity contribution in [1.82, 2.24) is 35.0 Å². The van der Waals surface area contributed by atoms with Crippen LogP contribution in [-0.2, 0) is 11.3 Å². The topological polar surface area (TPSA) is 92.2 Å². The minimum absolute atomic E-state index is 0.0193. The number of morpholine rings is 1. The summed E-state index contributed by atoms with van der Waals surface area (Å²) in [5.41, 5.74) is 4.00. The van der Waals surface area contributed by atoms with E-state index in [1.54, 1.807) is 0 Å². The Labute approximate surface area is 212 Å². The number of aromatic nitrogens is 5. The molecule has 9 heteroatoms. The normalized spacial score (nSPS) is 18.4. The van der Waals surface area contributed by atoms with Crippen molar-refractivity contribution < 1.29 is 4.74 Å². The number of nitrogens with one attached hydrogen (secondary N) is 1. The van der Waals surface area contributed by atoms with Crippen molar-refractivity contribution in [2.24, 2.45) is 0 Å². The lowest BCUT2D eigenvalue weighted by Gasteiger charge is -2.34. The maximum atomic E-state index is 13.2. The van der Waals surface area contributed by atoms with E-state index in [0.717, 1.165) is 86.5 Å². The molecule has 3 aromatic rings. The number of benzene rings is 1. The van der Waals surface area contributed by atoms with Crippen LogP contribution in [0.25, 0.3) is 10.9 Å². The molecular formula is C27H39N7O2. The van der Waals surface area contributed by atoms with Crippen LogP contribution in [0.2, 0.25) is 0 Å². The average Bonchev–Trinajstić information content (AvgIpc) is 3.56. The number of tetrazole rings is 1. The van der Waals surface area contributed by atoms with Crippen LogP contribution < -0.4 is 5.56 Å². The van der Waals surface area contributed by atoms with E-state index in [1.807, 2.05) is 6.07 Å². The first-order valence-electron chi connectivity index (χ1n) is 13.5. The van der Waals surface area contributed by atoms with Gasteiger partial charge in [0.2, 0.25) is 0 Å². The van der Waals surface area contributed by atoms with Crippen LogP contribution in [0, 0.1) is 13.8 Å². The minimum atomic E-state index is -0.0193. The molecule has 1 saturated heterocycles. The molecule has 1 atom stereocenters. The van der Waals surface area contributed by atoms with Crippen LogP contribution in [0.4, 0.5) is 0 Å². The lowest BCUT2D eigenvalue weighted by molar-refractivity contribution is 0.0291. The summed E-state index contributed by atoms with van der Waals surface area (Å²) in [5.74, 6) is 0.926. The number of H-pyrrole nitrogens is 1. The summed E-state index contributed by atoms with van der Waals surface area (Å²) in [6.07, 6.45) is 5.59. The summed E-state index contributed by atoms with van der Waals surface area (Å²) >= 11 is 0. The number of fused-ring (bicyclic) bond motifs is 1. The first kappa shape index (κ1) is 25.0. The number of aromatic amines is 1. The fraction of sp³-hybridized carbons (Fsp3) is 0.630. The zero-order chi connectivity index (χ0) is 25.1. The number of ether oxygens (including phenoxy) is 1. The number of nitrogens with zero attached hydrogens (tertiary/aromatic N) is 6. The van der Waals surface area contributed by atoms with Gasteiger partial charge < -0.3 is 9.72 Å². The Hall–Kier alpha value is -2.62. The third kappa shape index (κ3) is 5.38. The van der Waals surface area contributed by atoms with E-state index in [-0.39, 0.29) is 11.6 Å². The average molecular weight is 494 g/mol. The Bertz CT molecular complexity index is 1220. The molecule has 0 amide bonds. The van der Waals surface area contributed by atoms with Crippen LogP contribution in [0.3, 0.4) is 0 Å². The molecule has 1 N–H and O–H groups in total. The Kier molecular flexibility index (Phi) is 7.79. The van der Waals surface area contributed by atoms with Crippen molar-refractivity contribution in [2.75, 3.05) is 39.4 Å². The molecule has 194 valence electrons. The highest BCUT2D eigenvalue weighted by atomic mass is 16.5. The fourth-order valence-corrected chi connectivity index (χ4v) is 5.92. The van der Waals surface area contributed by atoms with Crippen molar-refractivity contribution in [3.8, 4) is 0 Å². The van der Waals surface area contributed by atoms with E-state index in [4.69, 9.17) is 4.74 Å². The van der Waals surface area contributed by atoms with Gasteiger partial charge in [0, 0.05) is 49.2 Å². The van der Waals surface area contributed by atoms with Gasteiger partial charge in [-0.3, -0.25) is 14.6 Å². The summed E-state index contributed by atoms with van der Waals surface area (Å²) in [7, 11) is 0. The van der Waals surface area contributed by atoms with Crippen LogP contribution in [0.1, 0.15) is 73.6 Å². The Morgan fingerprint density at radius 3 is 2.69 bits per heavy atom. The summed E-state index contributed by atoms with van der Waals surface area (Å²) in [4.78, 5) is 21.2. The molecule has 1 aliphatic heterocycles. The van der Waals surface area contributed by atoms with Gasteiger partial charge >= 0.3 is 0 Å². The second-order valence-electron chi connectivity index (χ2n) is 10.4. The molecule has 36 heavy (non-hydrogen) atoms. The third-order valence-electron chi connectivity index (χ3n) is 7.88. The van der Waals surface area contributed by atoms with Gasteiger partial charge in [-0.15, -0.1) is 5.10 Å². The second kappa shape index (κ2) is 11.2. The van der Waals surface area contributed by atoms with Gasteiger partial charge in [0.15, 0.2) is 5.82 Å². The van der Waals surface area contributed by atoms with Crippen molar-refractivity contribution in [2.45, 2.75) is 71.5 Å². The zero-order valence-corrected chi connectivity index (χ0v) is 21.9. The minimum Gasteiger partial charge on any atom is -0.379 e. The van der Waals surface area contributed by atoms with Crippen LogP contribution in [0.15, 0.2) is 23.0 Å². The van der Waals surface area contributed by atoms with E-state index in [0.29, 0.717) is 12.6 Å². The largest absolute Gasteiger partial charge is 0.379 e. The van der Waals surface area contributed by atoms with Crippen molar-refractivity contribution in [3.05, 3.63) is 51.1 Å². The molecule has 1 aliphatic carbocycles. The molecule has 2 aliphatic rings. The monoisotopic (exact) mass is 493 g/mol. The van der Waals surface area contributed by atoms with E-state index in [2.05, 4.69) is 67.9 Å². The molecule has 0 unspecified atom stereocenters. The van der Waals surface area contributed by atoms with Gasteiger partial charge in [0.25, 0.3) is 5.56 Å². The van der Waals surface area contributed by atoms with Crippen LogP contribution in [-0.4, -0.2) is 74.4 Å². The van der Waals surface area contributed by atoms with Gasteiger partial charge in [-0.1, -0.05) is 25.8 Å². The van der Waals surface area contributed by atoms with Gasteiger partial charge in [0.05, 0.1) is 25.3 Å². The molecule has 2 fully saturated rings. The molecular weight excluding hydrogens is 454 g/mol. The van der Waals surface area contributed by atoms with Gasteiger partial charge in [-0.05, 0) is 66.8 Å². The number of rotatable bonds is 9. The molecule has 0 spiro atoms. The lowest BCUT2D eigenvalue weighted by Crippen LogP contribution is -2.43. The maximum Gasteiger partial charge on any atom is 0.252 e. The lowest BCUT2D eigenvalue weighted by atomic mass is 10.0. The van der Waals surface area contributed by atoms with Crippen molar-refractivity contribution in [3.63, 3.8) is 0 Å². The van der Waals surface area contributed by atoms with Gasteiger partial charge in [-0.2, -0.15) is 0 Å². The Morgan fingerprint density at radius 2 is 1.94 bits per heavy atom. The molecule has 5 rings (SSSR count). The van der Waals surface area contributed by atoms with Crippen molar-refractivity contribution in [1.29, 1.82) is 0 Å². The van der Waals surface area contributed by atoms with E-state index in [1.165, 1.54) is 18.4 Å². The standard InChI is InChI=1S/C27H39N7O2/c1-4-25(26-29-30-31-34(26)22-7-5-6-8-22)33(10-9-32-11-13-36-14-12-32)18-21-17-23-20(3)15-19(2)16-24(23)28-27(21)35/h15-17,22,25H,4-14,18H2,1-3H3,(H,28,35)/t25-/m1/s1. The number of aryl methyl sites for hydroxylation is 2.